The van der Waals surface area contributed by atoms with E-state index in [0.29, 0.717) is 12.3 Å². The minimum Gasteiger partial charge on any atom is -0.497 e. The van der Waals surface area contributed by atoms with Gasteiger partial charge in [0.2, 0.25) is 0 Å². The van der Waals surface area contributed by atoms with E-state index in [1.807, 2.05) is 12.1 Å². The van der Waals surface area contributed by atoms with E-state index in [-0.39, 0.29) is 5.78 Å². The molecule has 0 radical (unpaired) electrons. The van der Waals surface area contributed by atoms with E-state index in [9.17, 15) is 4.79 Å². The molecule has 2 rings (SSSR count). The molecule has 0 aliphatic heterocycles. The van der Waals surface area contributed by atoms with E-state index in [1.54, 1.807) is 7.11 Å². The van der Waals surface area contributed by atoms with Gasteiger partial charge in [0.15, 0.2) is 5.78 Å². The number of hydrogen-bond acceptors (Lipinski definition) is 2. The smallest absolute Gasteiger partial charge is 0.163 e. The maximum atomic E-state index is 12.1. The highest BCUT2D eigenvalue weighted by Gasteiger charge is 2.22. The number of fused-ring (bicyclic) bond motifs is 1. The number of halogens is 1. The molecule has 0 spiro atoms. The Balaban J connectivity index is 2.51. The second kappa shape index (κ2) is 4.58. The molecular weight excluding hydrogens is 268 g/mol. The van der Waals surface area contributed by atoms with Crippen LogP contribution in [0.5, 0.6) is 5.75 Å². The Hall–Kier alpha value is -0.830. The van der Waals surface area contributed by atoms with Gasteiger partial charge in [0, 0.05) is 16.5 Å². The lowest BCUT2D eigenvalue weighted by molar-refractivity contribution is 0.0967. The number of carbonyl (C=O) groups excluding carboxylic acids is 1. The average Bonchev–Trinajstić information content (AvgIpc) is 2.39. The molecule has 0 saturated heterocycles. The highest BCUT2D eigenvalue weighted by molar-refractivity contribution is 9.10. The number of carbonyl (C=O) groups is 1. The van der Waals surface area contributed by atoms with Gasteiger partial charge in [-0.1, -0.05) is 22.9 Å². The quantitative estimate of drug-likeness (QED) is 0.736. The minimum absolute atomic E-state index is 0.236. The molecule has 16 heavy (non-hydrogen) atoms. The summed E-state index contributed by atoms with van der Waals surface area (Å²) >= 11 is 3.52. The molecule has 0 aromatic heterocycles. The zero-order chi connectivity index (χ0) is 11.7. The van der Waals surface area contributed by atoms with Crippen LogP contribution in [0.25, 0.3) is 0 Å². The SMILES string of the molecule is COc1cc(Br)c2c(c1)C(=O)CC(C)CC2. The second-order valence-corrected chi connectivity index (χ2v) is 5.26. The van der Waals surface area contributed by atoms with Crippen LogP contribution in [0.1, 0.15) is 35.7 Å². The summed E-state index contributed by atoms with van der Waals surface area (Å²) in [6.45, 7) is 2.13. The topological polar surface area (TPSA) is 26.3 Å². The fourth-order valence-corrected chi connectivity index (χ4v) is 2.79. The summed E-state index contributed by atoms with van der Waals surface area (Å²) in [4.78, 5) is 12.1. The summed E-state index contributed by atoms with van der Waals surface area (Å²) in [5.74, 6) is 1.45. The Labute approximate surface area is 104 Å². The molecule has 1 aliphatic rings. The maximum absolute atomic E-state index is 12.1. The van der Waals surface area contributed by atoms with Crippen molar-refractivity contribution in [2.75, 3.05) is 7.11 Å². The van der Waals surface area contributed by atoms with Gasteiger partial charge in [0.05, 0.1) is 7.11 Å². The van der Waals surface area contributed by atoms with E-state index < -0.39 is 0 Å². The summed E-state index contributed by atoms with van der Waals surface area (Å²) in [5, 5.41) is 0. The van der Waals surface area contributed by atoms with Crippen molar-refractivity contribution in [3.8, 4) is 5.75 Å². The summed E-state index contributed by atoms with van der Waals surface area (Å²) in [6, 6.07) is 3.79. The summed E-state index contributed by atoms with van der Waals surface area (Å²) in [7, 11) is 1.62. The lowest BCUT2D eigenvalue weighted by Gasteiger charge is -2.09. The minimum atomic E-state index is 0.236. The molecule has 1 aromatic carbocycles. The fourth-order valence-electron chi connectivity index (χ4n) is 2.15. The van der Waals surface area contributed by atoms with Crippen molar-refractivity contribution in [1.29, 1.82) is 0 Å². The van der Waals surface area contributed by atoms with E-state index in [0.717, 1.165) is 34.2 Å². The number of ketones is 1. The van der Waals surface area contributed by atoms with Crippen molar-refractivity contribution in [2.45, 2.75) is 26.2 Å². The normalized spacial score (nSPS) is 20.2. The monoisotopic (exact) mass is 282 g/mol. The van der Waals surface area contributed by atoms with Crippen molar-refractivity contribution in [3.05, 3.63) is 27.7 Å². The van der Waals surface area contributed by atoms with Gasteiger partial charge in [-0.15, -0.1) is 0 Å². The Bertz CT molecular complexity index is 426. The van der Waals surface area contributed by atoms with E-state index in [2.05, 4.69) is 22.9 Å². The number of benzene rings is 1. The summed E-state index contributed by atoms with van der Waals surface area (Å²) in [5.41, 5.74) is 1.96. The highest BCUT2D eigenvalue weighted by atomic mass is 79.9. The van der Waals surface area contributed by atoms with Gasteiger partial charge >= 0.3 is 0 Å². The van der Waals surface area contributed by atoms with Gasteiger partial charge < -0.3 is 4.74 Å². The van der Waals surface area contributed by atoms with Crippen LogP contribution in [0.4, 0.5) is 0 Å². The fraction of sp³-hybridized carbons (Fsp3) is 0.462. The van der Waals surface area contributed by atoms with E-state index >= 15 is 0 Å². The molecule has 0 fully saturated rings. The lowest BCUT2D eigenvalue weighted by Crippen LogP contribution is -2.04. The Morgan fingerprint density at radius 2 is 2.19 bits per heavy atom. The molecular formula is C13H15BrO2. The Morgan fingerprint density at radius 1 is 1.44 bits per heavy atom. The standard InChI is InChI=1S/C13H15BrO2/c1-8-3-4-10-11(13(15)5-8)6-9(16-2)7-12(10)14/h6-8H,3-5H2,1-2H3. The third kappa shape index (κ3) is 2.14. The molecule has 0 N–H and O–H groups in total. The molecule has 2 nitrogen and oxygen atoms in total. The van der Waals surface area contributed by atoms with Gasteiger partial charge in [-0.3, -0.25) is 4.79 Å². The maximum Gasteiger partial charge on any atom is 0.163 e. The van der Waals surface area contributed by atoms with E-state index in [4.69, 9.17) is 4.74 Å². The zero-order valence-corrected chi connectivity index (χ0v) is 11.1. The number of Topliss-reactive ketones (excluding diaryl/α,β-unsaturated/α-hetero) is 1. The first-order chi connectivity index (χ1) is 7.61. The van der Waals surface area contributed by atoms with Crippen LogP contribution in [0.15, 0.2) is 16.6 Å². The molecule has 0 heterocycles. The zero-order valence-electron chi connectivity index (χ0n) is 9.55. The number of rotatable bonds is 1. The molecule has 1 unspecified atom stereocenters. The van der Waals surface area contributed by atoms with Crippen molar-refractivity contribution in [3.63, 3.8) is 0 Å². The van der Waals surface area contributed by atoms with Crippen LogP contribution in [0, 0.1) is 5.92 Å². The average molecular weight is 283 g/mol. The van der Waals surface area contributed by atoms with Crippen LogP contribution < -0.4 is 4.74 Å². The van der Waals surface area contributed by atoms with Crippen molar-refractivity contribution in [1.82, 2.24) is 0 Å². The lowest BCUT2D eigenvalue weighted by atomic mass is 10.0. The largest absolute Gasteiger partial charge is 0.497 e. The van der Waals surface area contributed by atoms with Crippen molar-refractivity contribution < 1.29 is 9.53 Å². The molecule has 0 bridgehead atoms. The molecule has 0 amide bonds. The van der Waals surface area contributed by atoms with Crippen LogP contribution >= 0.6 is 15.9 Å². The summed E-state index contributed by atoms with van der Waals surface area (Å²) in [6.07, 6.45) is 2.68. The van der Waals surface area contributed by atoms with Gasteiger partial charge in [-0.05, 0) is 36.5 Å². The first-order valence-corrected chi connectivity index (χ1v) is 6.30. The first kappa shape index (κ1) is 11.6. The molecule has 86 valence electrons. The third-order valence-electron chi connectivity index (χ3n) is 3.13. The van der Waals surface area contributed by atoms with Crippen LogP contribution in [0.3, 0.4) is 0 Å². The molecule has 1 aliphatic carbocycles. The third-order valence-corrected chi connectivity index (χ3v) is 3.83. The van der Waals surface area contributed by atoms with E-state index in [1.165, 1.54) is 0 Å². The predicted octanol–water partition coefficient (Wildman–Crippen LogP) is 3.61. The molecule has 1 atom stereocenters. The molecule has 1 aromatic rings. The van der Waals surface area contributed by atoms with Crippen LogP contribution in [0.2, 0.25) is 0 Å². The van der Waals surface area contributed by atoms with Crippen molar-refractivity contribution >= 4 is 21.7 Å². The van der Waals surface area contributed by atoms with Gasteiger partial charge in [-0.2, -0.15) is 0 Å². The van der Waals surface area contributed by atoms with Gasteiger partial charge in [-0.25, -0.2) is 0 Å². The summed E-state index contributed by atoms with van der Waals surface area (Å²) < 4.78 is 6.18. The highest BCUT2D eigenvalue weighted by Crippen LogP contribution is 2.33. The second-order valence-electron chi connectivity index (χ2n) is 4.41. The van der Waals surface area contributed by atoms with Gasteiger partial charge in [0.25, 0.3) is 0 Å². The van der Waals surface area contributed by atoms with Crippen LogP contribution in [-0.4, -0.2) is 12.9 Å². The first-order valence-electron chi connectivity index (χ1n) is 5.51. The van der Waals surface area contributed by atoms with Crippen molar-refractivity contribution in [2.24, 2.45) is 5.92 Å². The predicted molar refractivity (Wildman–Crippen MR) is 67.1 cm³/mol. The van der Waals surface area contributed by atoms with Crippen LogP contribution in [-0.2, 0) is 6.42 Å². The number of ether oxygens (including phenoxy) is 1. The molecule has 0 saturated carbocycles. The Kier molecular flexibility index (Phi) is 3.33. The Morgan fingerprint density at radius 3 is 2.88 bits per heavy atom. The molecule has 3 heteroatoms. The number of methoxy groups -OCH3 is 1. The number of hydrogen-bond donors (Lipinski definition) is 0. The van der Waals surface area contributed by atoms with Gasteiger partial charge in [0.1, 0.15) is 5.75 Å².